The highest BCUT2D eigenvalue weighted by molar-refractivity contribution is 5.84. The van der Waals surface area contributed by atoms with Gasteiger partial charge in [-0.3, -0.25) is 9.88 Å². The van der Waals surface area contributed by atoms with Crippen LogP contribution < -0.4 is 4.74 Å². The average Bonchev–Trinajstić information content (AvgIpc) is 2.73. The van der Waals surface area contributed by atoms with Crippen molar-refractivity contribution in [3.63, 3.8) is 0 Å². The lowest BCUT2D eigenvalue weighted by Crippen LogP contribution is -2.55. The number of hydrogen-bond donors (Lipinski definition) is 1. The van der Waals surface area contributed by atoms with Gasteiger partial charge in [0.25, 0.3) is 0 Å². The van der Waals surface area contributed by atoms with Crippen LogP contribution in [0.5, 0.6) is 5.75 Å². The van der Waals surface area contributed by atoms with Crippen molar-refractivity contribution in [1.29, 1.82) is 0 Å². The van der Waals surface area contributed by atoms with E-state index in [0.717, 1.165) is 48.1 Å². The molecule has 3 aliphatic rings. The first-order chi connectivity index (χ1) is 13.6. The van der Waals surface area contributed by atoms with Crippen LogP contribution in [-0.2, 0) is 9.53 Å². The molecule has 1 aromatic carbocycles. The Bertz CT molecular complexity index is 884. The Morgan fingerprint density at radius 3 is 3.00 bits per heavy atom. The summed E-state index contributed by atoms with van der Waals surface area (Å²) in [7, 11) is 1.64. The normalized spacial score (nSPS) is 27.5. The predicted octanol–water partition coefficient (Wildman–Crippen LogP) is 3.28. The Morgan fingerprint density at radius 2 is 2.32 bits per heavy atom. The topological polar surface area (TPSA) is 71.9 Å². The second-order valence-corrected chi connectivity index (χ2v) is 7.65. The van der Waals surface area contributed by atoms with Crippen LogP contribution in [0.4, 0.5) is 0 Å². The van der Waals surface area contributed by atoms with Gasteiger partial charge < -0.3 is 14.6 Å². The van der Waals surface area contributed by atoms with Gasteiger partial charge in [-0.1, -0.05) is 6.08 Å². The number of fused-ring (bicyclic) bond motifs is 4. The fraction of sp³-hybridized carbons (Fsp3) is 0.455. The number of aromatic nitrogens is 1. The minimum Gasteiger partial charge on any atom is -0.497 e. The molecule has 28 heavy (non-hydrogen) atoms. The SMILES string of the molecule is C=CC1CN2CCC1CC2[C@@H](OCC(=O)O)c1ccnc2ccc(OC)cc12. The monoisotopic (exact) mass is 382 g/mol. The molecule has 1 N–H and O–H groups in total. The second kappa shape index (κ2) is 7.89. The highest BCUT2D eigenvalue weighted by Gasteiger charge is 2.43. The molecule has 4 heterocycles. The molecule has 3 aliphatic heterocycles. The first kappa shape index (κ1) is 18.9. The Kier molecular flexibility index (Phi) is 5.33. The summed E-state index contributed by atoms with van der Waals surface area (Å²) in [6.45, 7) is 5.64. The number of ether oxygens (including phenoxy) is 2. The average molecular weight is 382 g/mol. The summed E-state index contributed by atoms with van der Waals surface area (Å²) in [4.78, 5) is 18.2. The number of hydrogen-bond acceptors (Lipinski definition) is 5. The van der Waals surface area contributed by atoms with Crippen LogP contribution in [0.3, 0.4) is 0 Å². The van der Waals surface area contributed by atoms with Crippen molar-refractivity contribution in [2.24, 2.45) is 11.8 Å². The number of aliphatic carboxylic acids is 1. The molecular formula is C22H26N2O4. The molecule has 1 aromatic heterocycles. The van der Waals surface area contributed by atoms with E-state index in [4.69, 9.17) is 9.47 Å². The summed E-state index contributed by atoms with van der Waals surface area (Å²) < 4.78 is 11.4. The number of rotatable bonds is 7. The van der Waals surface area contributed by atoms with Crippen molar-refractivity contribution in [2.75, 3.05) is 26.8 Å². The second-order valence-electron chi connectivity index (χ2n) is 7.65. The van der Waals surface area contributed by atoms with E-state index in [1.165, 1.54) is 0 Å². The Balaban J connectivity index is 1.74. The van der Waals surface area contributed by atoms with E-state index < -0.39 is 5.97 Å². The number of carbonyl (C=O) groups is 1. The van der Waals surface area contributed by atoms with Crippen LogP contribution in [0.15, 0.2) is 43.1 Å². The largest absolute Gasteiger partial charge is 0.497 e. The zero-order valence-electron chi connectivity index (χ0n) is 16.1. The molecule has 5 atom stereocenters. The molecule has 0 radical (unpaired) electrons. The number of benzene rings is 1. The molecule has 0 amide bonds. The lowest BCUT2D eigenvalue weighted by molar-refractivity contribution is -0.148. The van der Waals surface area contributed by atoms with E-state index in [-0.39, 0.29) is 18.8 Å². The molecule has 148 valence electrons. The third-order valence-electron chi connectivity index (χ3n) is 6.18. The van der Waals surface area contributed by atoms with Crippen molar-refractivity contribution in [1.82, 2.24) is 9.88 Å². The van der Waals surface area contributed by atoms with Crippen molar-refractivity contribution < 1.29 is 19.4 Å². The number of methoxy groups -OCH3 is 1. The summed E-state index contributed by atoms with van der Waals surface area (Å²) in [5, 5.41) is 10.2. The lowest BCUT2D eigenvalue weighted by atomic mass is 9.73. The summed E-state index contributed by atoms with van der Waals surface area (Å²) in [5.41, 5.74) is 1.82. The van der Waals surface area contributed by atoms with E-state index in [2.05, 4.69) is 22.5 Å². The molecule has 2 aromatic rings. The zero-order valence-corrected chi connectivity index (χ0v) is 16.1. The maximum Gasteiger partial charge on any atom is 0.329 e. The molecule has 0 aliphatic carbocycles. The van der Waals surface area contributed by atoms with Gasteiger partial charge in [0.2, 0.25) is 0 Å². The van der Waals surface area contributed by atoms with Crippen LogP contribution in [0.25, 0.3) is 10.9 Å². The van der Waals surface area contributed by atoms with Crippen LogP contribution in [-0.4, -0.2) is 53.8 Å². The van der Waals surface area contributed by atoms with Crippen LogP contribution in [0, 0.1) is 11.8 Å². The van der Waals surface area contributed by atoms with E-state index in [1.807, 2.05) is 24.3 Å². The van der Waals surface area contributed by atoms with Crippen molar-refractivity contribution in [3.8, 4) is 5.75 Å². The Labute approximate surface area is 164 Å². The van der Waals surface area contributed by atoms with Gasteiger partial charge >= 0.3 is 5.97 Å². The molecule has 0 spiro atoms. The van der Waals surface area contributed by atoms with Gasteiger partial charge in [0.15, 0.2) is 0 Å². The standard InChI is InChI=1S/C22H26N2O4/c1-3-14-12-24-9-7-15(14)10-20(24)22(28-13-21(25)26)17-6-8-23-19-5-4-16(27-2)11-18(17)19/h3-6,8,11,14-15,20,22H,1,7,9-10,12-13H2,2H3,(H,25,26)/t14?,15?,20?,22-/m0/s1. The maximum absolute atomic E-state index is 11.3. The van der Waals surface area contributed by atoms with Crippen molar-refractivity contribution in [2.45, 2.75) is 25.0 Å². The van der Waals surface area contributed by atoms with Crippen LogP contribution >= 0.6 is 0 Å². The van der Waals surface area contributed by atoms with Gasteiger partial charge in [-0.2, -0.15) is 0 Å². The quantitative estimate of drug-likeness (QED) is 0.741. The molecule has 3 saturated heterocycles. The van der Waals surface area contributed by atoms with Gasteiger partial charge in [-0.15, -0.1) is 6.58 Å². The molecule has 5 rings (SSSR count). The number of piperidine rings is 3. The molecule has 2 bridgehead atoms. The molecule has 6 nitrogen and oxygen atoms in total. The van der Waals surface area contributed by atoms with E-state index >= 15 is 0 Å². The number of nitrogens with zero attached hydrogens (tertiary/aromatic N) is 2. The Morgan fingerprint density at radius 1 is 1.46 bits per heavy atom. The molecule has 3 fully saturated rings. The number of carboxylic acids is 1. The van der Waals surface area contributed by atoms with Gasteiger partial charge in [0, 0.05) is 24.2 Å². The van der Waals surface area contributed by atoms with E-state index in [0.29, 0.717) is 11.8 Å². The van der Waals surface area contributed by atoms with Gasteiger partial charge in [-0.05, 0) is 61.1 Å². The van der Waals surface area contributed by atoms with Gasteiger partial charge in [-0.25, -0.2) is 4.79 Å². The predicted molar refractivity (Wildman–Crippen MR) is 106 cm³/mol. The number of pyridine rings is 1. The van der Waals surface area contributed by atoms with E-state index in [1.54, 1.807) is 13.3 Å². The minimum atomic E-state index is -0.958. The fourth-order valence-electron chi connectivity index (χ4n) is 4.78. The smallest absolute Gasteiger partial charge is 0.329 e. The summed E-state index contributed by atoms with van der Waals surface area (Å²) in [6, 6.07) is 7.85. The zero-order chi connectivity index (χ0) is 19.7. The van der Waals surface area contributed by atoms with Crippen LogP contribution in [0.1, 0.15) is 24.5 Å². The molecule has 4 unspecified atom stereocenters. The molecule has 6 heteroatoms. The maximum atomic E-state index is 11.3. The highest BCUT2D eigenvalue weighted by atomic mass is 16.5. The molecular weight excluding hydrogens is 356 g/mol. The highest BCUT2D eigenvalue weighted by Crippen LogP contribution is 2.43. The van der Waals surface area contributed by atoms with Gasteiger partial charge in [0.1, 0.15) is 12.4 Å². The first-order valence-electron chi connectivity index (χ1n) is 9.73. The number of carboxylic acid groups (broad SMARTS) is 1. The molecule has 0 saturated carbocycles. The summed E-state index contributed by atoms with van der Waals surface area (Å²) in [5.74, 6) is 0.863. The third kappa shape index (κ3) is 3.50. The van der Waals surface area contributed by atoms with E-state index in [9.17, 15) is 9.90 Å². The lowest BCUT2D eigenvalue weighted by Gasteiger charge is -2.51. The Hall–Kier alpha value is -2.44. The van der Waals surface area contributed by atoms with Crippen LogP contribution in [0.2, 0.25) is 0 Å². The van der Waals surface area contributed by atoms with Crippen molar-refractivity contribution >= 4 is 16.9 Å². The van der Waals surface area contributed by atoms with Gasteiger partial charge in [0.05, 0.1) is 18.7 Å². The van der Waals surface area contributed by atoms with Crippen molar-refractivity contribution in [3.05, 3.63) is 48.7 Å². The summed E-state index contributed by atoms with van der Waals surface area (Å²) >= 11 is 0. The minimum absolute atomic E-state index is 0.145. The third-order valence-corrected chi connectivity index (χ3v) is 6.18. The fourth-order valence-corrected chi connectivity index (χ4v) is 4.78. The summed E-state index contributed by atoms with van der Waals surface area (Å²) in [6.07, 6.45) is 5.64. The first-order valence-corrected chi connectivity index (χ1v) is 9.73.